The molecule has 2 aromatic carbocycles. The molecule has 4 rings (SSSR count). The van der Waals surface area contributed by atoms with E-state index >= 15 is 0 Å². The zero-order chi connectivity index (χ0) is 24.9. The molecule has 1 fully saturated rings. The molecule has 2 aromatic rings. The highest BCUT2D eigenvalue weighted by atomic mass is 16.6. The Morgan fingerprint density at radius 1 is 1.03 bits per heavy atom. The van der Waals surface area contributed by atoms with Crippen molar-refractivity contribution in [1.82, 2.24) is 10.6 Å². The lowest BCUT2D eigenvalue weighted by molar-refractivity contribution is -0.136. The van der Waals surface area contributed by atoms with E-state index in [1.54, 1.807) is 19.0 Å². The van der Waals surface area contributed by atoms with E-state index in [4.69, 9.17) is 14.2 Å². The summed E-state index contributed by atoms with van der Waals surface area (Å²) in [6.45, 7) is 0.877. The second kappa shape index (κ2) is 10.8. The number of ether oxygens (including phenoxy) is 3. The van der Waals surface area contributed by atoms with E-state index < -0.39 is 23.4 Å². The number of nitrogens with zero attached hydrogens (tertiary/aromatic N) is 1. The van der Waals surface area contributed by atoms with E-state index in [-0.39, 0.29) is 17.2 Å². The van der Waals surface area contributed by atoms with Crippen molar-refractivity contribution in [2.45, 2.75) is 38.1 Å². The van der Waals surface area contributed by atoms with Crippen molar-refractivity contribution in [3.05, 3.63) is 35.9 Å². The molecule has 0 atom stereocenters. The van der Waals surface area contributed by atoms with Gasteiger partial charge in [-0.15, -0.1) is 0 Å². The van der Waals surface area contributed by atoms with Crippen LogP contribution < -0.4 is 29.7 Å². The number of carbonyl (C=O) groups is 3. The second-order valence-electron chi connectivity index (χ2n) is 8.89. The van der Waals surface area contributed by atoms with Gasteiger partial charge in [-0.25, -0.2) is 9.59 Å². The van der Waals surface area contributed by atoms with Gasteiger partial charge in [-0.2, -0.15) is 0 Å². The first kappa shape index (κ1) is 24.5. The van der Waals surface area contributed by atoms with Crippen molar-refractivity contribution in [3.8, 4) is 17.2 Å². The zero-order valence-electron chi connectivity index (χ0n) is 20.3. The van der Waals surface area contributed by atoms with Gasteiger partial charge in [0.15, 0.2) is 5.75 Å². The molecule has 1 aliphatic carbocycles. The summed E-state index contributed by atoms with van der Waals surface area (Å²) in [5.41, 5.74) is 0.118. The molecule has 0 saturated heterocycles. The maximum absolute atomic E-state index is 13.0. The first-order chi connectivity index (χ1) is 16.9. The van der Waals surface area contributed by atoms with Gasteiger partial charge in [-0.1, -0.05) is 43.5 Å². The molecule has 1 saturated carbocycles. The quantitative estimate of drug-likeness (QED) is 0.269. The summed E-state index contributed by atoms with van der Waals surface area (Å²) in [4.78, 5) is 40.3. The molecule has 0 aromatic heterocycles. The minimum absolute atomic E-state index is 0.0504. The van der Waals surface area contributed by atoms with Gasteiger partial charge in [-0.3, -0.25) is 4.79 Å². The summed E-state index contributed by atoms with van der Waals surface area (Å²) in [6.07, 6.45) is 6.81. The largest absolute Gasteiger partial charge is 0.492 e. The highest BCUT2D eigenvalue weighted by Gasteiger charge is 2.32. The summed E-state index contributed by atoms with van der Waals surface area (Å²) in [5.74, 6) is -2.27. The van der Waals surface area contributed by atoms with Crippen LogP contribution in [-0.2, 0) is 14.4 Å². The molecule has 186 valence electrons. The Kier molecular flexibility index (Phi) is 7.55. The molecule has 2 N–H and O–H groups in total. The van der Waals surface area contributed by atoms with Gasteiger partial charge in [0.2, 0.25) is 11.5 Å². The fourth-order valence-electron chi connectivity index (χ4n) is 4.64. The Morgan fingerprint density at radius 2 is 1.74 bits per heavy atom. The molecule has 0 radical (unpaired) electrons. The SMILES string of the molecule is COc1c2c(c(N(C)C)c3ccccc13)OC(=O)/C=C(/C(=O)NCCNC1CCCCC1)C(=O)O2. The fraction of sp³-hybridized carbons (Fsp3) is 0.423. The number of hydrogen-bond acceptors (Lipinski definition) is 8. The van der Waals surface area contributed by atoms with Crippen molar-refractivity contribution in [3.63, 3.8) is 0 Å². The topological polar surface area (TPSA) is 106 Å². The monoisotopic (exact) mass is 481 g/mol. The van der Waals surface area contributed by atoms with Crippen LogP contribution in [0.4, 0.5) is 5.69 Å². The van der Waals surface area contributed by atoms with Crippen LogP contribution in [0.1, 0.15) is 32.1 Å². The van der Waals surface area contributed by atoms with Crippen LogP contribution in [-0.4, -0.2) is 58.2 Å². The van der Waals surface area contributed by atoms with Crippen LogP contribution >= 0.6 is 0 Å². The molecule has 9 heteroatoms. The number of methoxy groups -OCH3 is 1. The number of hydrogen-bond donors (Lipinski definition) is 2. The molecule has 1 aliphatic heterocycles. The van der Waals surface area contributed by atoms with Gasteiger partial charge in [0.05, 0.1) is 12.8 Å². The standard InChI is InChI=1S/C26H31N3O6/c1-29(2)21-17-11-7-8-12-18(17)22(33-3)24-23(21)34-20(30)15-19(26(32)35-24)25(31)28-14-13-27-16-9-5-4-6-10-16/h7-8,11-12,15-16,27H,4-6,9-10,13-14H2,1-3H3,(H,28,31)/b19-15-. The maximum atomic E-state index is 13.0. The van der Waals surface area contributed by atoms with Gasteiger partial charge in [0, 0.05) is 50.1 Å². The summed E-state index contributed by atoms with van der Waals surface area (Å²) in [6, 6.07) is 7.80. The predicted octanol–water partition coefficient (Wildman–Crippen LogP) is 2.70. The highest BCUT2D eigenvalue weighted by molar-refractivity contribution is 6.21. The Hall–Kier alpha value is -3.59. The predicted molar refractivity (Wildman–Crippen MR) is 132 cm³/mol. The van der Waals surface area contributed by atoms with E-state index in [1.165, 1.54) is 26.4 Å². The maximum Gasteiger partial charge on any atom is 0.349 e. The van der Waals surface area contributed by atoms with Crippen LogP contribution in [0.25, 0.3) is 10.8 Å². The average Bonchev–Trinajstić information content (AvgIpc) is 2.84. The molecule has 0 bridgehead atoms. The zero-order valence-corrected chi connectivity index (χ0v) is 20.3. The molecule has 2 aliphatic rings. The number of fused-ring (bicyclic) bond motifs is 2. The summed E-state index contributed by atoms with van der Waals surface area (Å²) in [5, 5.41) is 7.53. The first-order valence-electron chi connectivity index (χ1n) is 11.9. The van der Waals surface area contributed by atoms with Gasteiger partial charge in [0.25, 0.3) is 5.91 Å². The van der Waals surface area contributed by atoms with E-state index in [0.717, 1.165) is 24.3 Å². The summed E-state index contributed by atoms with van der Waals surface area (Å²) in [7, 11) is 5.02. The third kappa shape index (κ3) is 5.24. The Morgan fingerprint density at radius 3 is 2.43 bits per heavy atom. The van der Waals surface area contributed by atoms with Gasteiger partial charge in [-0.05, 0) is 12.8 Å². The number of benzene rings is 2. The number of carbonyl (C=O) groups excluding carboxylic acids is 3. The number of anilines is 1. The molecule has 0 spiro atoms. The van der Waals surface area contributed by atoms with E-state index in [1.807, 2.05) is 24.3 Å². The lowest BCUT2D eigenvalue weighted by atomic mass is 9.95. The lowest BCUT2D eigenvalue weighted by Crippen LogP contribution is -2.39. The average molecular weight is 482 g/mol. The van der Waals surface area contributed by atoms with E-state index in [2.05, 4.69) is 10.6 Å². The summed E-state index contributed by atoms with van der Waals surface area (Å²) < 4.78 is 16.8. The van der Waals surface area contributed by atoms with Crippen LogP contribution in [0.15, 0.2) is 35.9 Å². The molecular weight excluding hydrogens is 450 g/mol. The highest BCUT2D eigenvalue weighted by Crippen LogP contribution is 2.51. The van der Waals surface area contributed by atoms with Crippen LogP contribution in [0.3, 0.4) is 0 Å². The minimum Gasteiger partial charge on any atom is -0.492 e. The third-order valence-electron chi connectivity index (χ3n) is 6.28. The van der Waals surface area contributed by atoms with E-state index in [9.17, 15) is 14.4 Å². The van der Waals surface area contributed by atoms with Crippen molar-refractivity contribution in [2.75, 3.05) is 39.2 Å². The molecule has 1 amide bonds. The van der Waals surface area contributed by atoms with Gasteiger partial charge < -0.3 is 29.7 Å². The van der Waals surface area contributed by atoms with Gasteiger partial charge in [0.1, 0.15) is 5.57 Å². The molecular formula is C26H31N3O6. The van der Waals surface area contributed by atoms with Crippen molar-refractivity contribution in [1.29, 1.82) is 0 Å². The number of rotatable bonds is 7. The number of nitrogens with one attached hydrogen (secondary N) is 2. The minimum atomic E-state index is -0.959. The molecule has 0 unspecified atom stereocenters. The lowest BCUT2D eigenvalue weighted by Gasteiger charge is -2.25. The van der Waals surface area contributed by atoms with Crippen molar-refractivity contribution >= 4 is 34.3 Å². The molecule has 1 heterocycles. The first-order valence-corrected chi connectivity index (χ1v) is 11.9. The van der Waals surface area contributed by atoms with Crippen LogP contribution in [0, 0.1) is 0 Å². The second-order valence-corrected chi connectivity index (χ2v) is 8.89. The normalized spacial score (nSPS) is 17.9. The smallest absolute Gasteiger partial charge is 0.349 e. The Bertz CT molecular complexity index is 1170. The Labute approximate surface area is 204 Å². The molecule has 9 nitrogen and oxygen atoms in total. The van der Waals surface area contributed by atoms with E-state index in [0.29, 0.717) is 30.2 Å². The van der Waals surface area contributed by atoms with Crippen molar-refractivity contribution < 1.29 is 28.6 Å². The van der Waals surface area contributed by atoms with Crippen molar-refractivity contribution in [2.24, 2.45) is 0 Å². The van der Waals surface area contributed by atoms with Gasteiger partial charge >= 0.3 is 11.9 Å². The van der Waals surface area contributed by atoms with Crippen LogP contribution in [0.5, 0.6) is 17.2 Å². The fourth-order valence-corrected chi connectivity index (χ4v) is 4.64. The molecule has 35 heavy (non-hydrogen) atoms. The number of amides is 1. The summed E-state index contributed by atoms with van der Waals surface area (Å²) >= 11 is 0. The Balaban J connectivity index is 1.58. The van der Waals surface area contributed by atoms with Crippen LogP contribution in [0.2, 0.25) is 0 Å². The number of esters is 2. The third-order valence-corrected chi connectivity index (χ3v) is 6.28.